The highest BCUT2D eigenvalue weighted by Crippen LogP contribution is 2.10. The monoisotopic (exact) mass is 165 g/mol. The summed E-state index contributed by atoms with van der Waals surface area (Å²) >= 11 is 0. The van der Waals surface area contributed by atoms with Gasteiger partial charge in [-0.1, -0.05) is 12.2 Å². The molecular weight excluding hydrogens is 150 g/mol. The molecule has 0 saturated heterocycles. The Morgan fingerprint density at radius 1 is 1.50 bits per heavy atom. The van der Waals surface area contributed by atoms with E-state index in [4.69, 9.17) is 0 Å². The van der Waals surface area contributed by atoms with Crippen LogP contribution in [0.5, 0.6) is 0 Å². The van der Waals surface area contributed by atoms with E-state index in [1.807, 2.05) is 20.9 Å². The van der Waals surface area contributed by atoms with Crippen molar-refractivity contribution in [3.8, 4) is 0 Å². The van der Waals surface area contributed by atoms with Gasteiger partial charge in [-0.15, -0.1) is 0 Å². The van der Waals surface area contributed by atoms with Gasteiger partial charge in [0, 0.05) is 17.8 Å². The highest BCUT2D eigenvalue weighted by Gasteiger charge is 2.00. The standard InChI is InChI=1S/C9H15N3/c1-7-9(5-4-6-10-3)8(2)12-11-7/h4-5,10H,6H2,1-3H3,(H,11,12). The highest BCUT2D eigenvalue weighted by atomic mass is 15.1. The predicted molar refractivity (Wildman–Crippen MR) is 51.0 cm³/mol. The number of H-pyrrole nitrogens is 1. The third-order valence-corrected chi connectivity index (χ3v) is 1.79. The zero-order valence-corrected chi connectivity index (χ0v) is 7.81. The first-order valence-electron chi connectivity index (χ1n) is 4.08. The van der Waals surface area contributed by atoms with Crippen LogP contribution in [0.1, 0.15) is 17.0 Å². The molecule has 0 aromatic carbocycles. The van der Waals surface area contributed by atoms with Crippen molar-refractivity contribution in [1.82, 2.24) is 15.5 Å². The summed E-state index contributed by atoms with van der Waals surface area (Å²) < 4.78 is 0. The van der Waals surface area contributed by atoms with Gasteiger partial charge in [-0.3, -0.25) is 5.10 Å². The Bertz CT molecular complexity index is 254. The van der Waals surface area contributed by atoms with E-state index in [0.717, 1.165) is 17.9 Å². The molecule has 0 radical (unpaired) electrons. The molecule has 0 aliphatic rings. The molecule has 1 aromatic rings. The Labute approximate surface area is 72.9 Å². The molecule has 1 heterocycles. The van der Waals surface area contributed by atoms with E-state index in [2.05, 4.69) is 27.7 Å². The van der Waals surface area contributed by atoms with Crippen LogP contribution in [0.3, 0.4) is 0 Å². The molecule has 0 saturated carbocycles. The van der Waals surface area contributed by atoms with Crippen LogP contribution in [-0.2, 0) is 0 Å². The van der Waals surface area contributed by atoms with Gasteiger partial charge in [-0.25, -0.2) is 0 Å². The maximum Gasteiger partial charge on any atom is 0.0666 e. The normalized spacial score (nSPS) is 11.2. The third-order valence-electron chi connectivity index (χ3n) is 1.79. The van der Waals surface area contributed by atoms with Gasteiger partial charge >= 0.3 is 0 Å². The first kappa shape index (κ1) is 9.00. The van der Waals surface area contributed by atoms with Gasteiger partial charge in [0.1, 0.15) is 0 Å². The molecule has 0 bridgehead atoms. The van der Waals surface area contributed by atoms with Gasteiger partial charge < -0.3 is 5.32 Å². The first-order valence-corrected chi connectivity index (χ1v) is 4.08. The number of hydrogen-bond acceptors (Lipinski definition) is 2. The van der Waals surface area contributed by atoms with Crippen LogP contribution in [-0.4, -0.2) is 23.8 Å². The number of aromatic nitrogens is 2. The molecule has 1 aromatic heterocycles. The van der Waals surface area contributed by atoms with Gasteiger partial charge in [-0.2, -0.15) is 5.10 Å². The summed E-state index contributed by atoms with van der Waals surface area (Å²) in [5, 5.41) is 10.1. The Hall–Kier alpha value is -1.09. The molecule has 0 aliphatic carbocycles. The fourth-order valence-electron chi connectivity index (χ4n) is 1.10. The molecule has 12 heavy (non-hydrogen) atoms. The second kappa shape index (κ2) is 4.07. The van der Waals surface area contributed by atoms with Crippen molar-refractivity contribution in [2.24, 2.45) is 0 Å². The molecule has 0 fully saturated rings. The zero-order chi connectivity index (χ0) is 8.97. The van der Waals surface area contributed by atoms with Gasteiger partial charge in [0.05, 0.1) is 5.69 Å². The fraction of sp³-hybridized carbons (Fsp3) is 0.444. The molecule has 0 atom stereocenters. The van der Waals surface area contributed by atoms with Crippen LogP contribution in [0.2, 0.25) is 0 Å². The minimum atomic E-state index is 0.893. The molecule has 1 rings (SSSR count). The molecule has 0 spiro atoms. The van der Waals surface area contributed by atoms with E-state index >= 15 is 0 Å². The van der Waals surface area contributed by atoms with Crippen molar-refractivity contribution in [3.63, 3.8) is 0 Å². The predicted octanol–water partition coefficient (Wildman–Crippen LogP) is 1.26. The van der Waals surface area contributed by atoms with Crippen molar-refractivity contribution in [1.29, 1.82) is 0 Å². The summed E-state index contributed by atoms with van der Waals surface area (Å²) in [5.41, 5.74) is 3.38. The van der Waals surface area contributed by atoms with E-state index in [9.17, 15) is 0 Å². The first-order chi connectivity index (χ1) is 5.75. The number of likely N-dealkylation sites (N-methyl/N-ethyl adjacent to an activating group) is 1. The van der Waals surface area contributed by atoms with Crippen molar-refractivity contribution in [2.75, 3.05) is 13.6 Å². The maximum absolute atomic E-state index is 4.10. The Morgan fingerprint density at radius 3 is 2.75 bits per heavy atom. The van der Waals surface area contributed by atoms with Gasteiger partial charge in [-0.05, 0) is 20.9 Å². The number of nitrogens with one attached hydrogen (secondary N) is 2. The average Bonchev–Trinajstić information content (AvgIpc) is 2.35. The number of hydrogen-bond donors (Lipinski definition) is 2. The smallest absolute Gasteiger partial charge is 0.0666 e. The van der Waals surface area contributed by atoms with Crippen LogP contribution < -0.4 is 5.32 Å². The number of nitrogens with zero attached hydrogens (tertiary/aromatic N) is 1. The summed E-state index contributed by atoms with van der Waals surface area (Å²) in [5.74, 6) is 0. The van der Waals surface area contributed by atoms with Crippen LogP contribution in [0.15, 0.2) is 6.08 Å². The van der Waals surface area contributed by atoms with Crippen LogP contribution in [0.4, 0.5) is 0 Å². The zero-order valence-electron chi connectivity index (χ0n) is 7.81. The SMILES string of the molecule is CNCC=Cc1c(C)n[nH]c1C. The summed E-state index contributed by atoms with van der Waals surface area (Å²) in [6.07, 6.45) is 4.18. The van der Waals surface area contributed by atoms with Crippen LogP contribution in [0, 0.1) is 13.8 Å². The lowest BCUT2D eigenvalue weighted by atomic mass is 10.2. The number of aryl methyl sites for hydroxylation is 2. The van der Waals surface area contributed by atoms with E-state index in [-0.39, 0.29) is 0 Å². The highest BCUT2D eigenvalue weighted by molar-refractivity contribution is 5.54. The van der Waals surface area contributed by atoms with Crippen molar-refractivity contribution < 1.29 is 0 Å². The average molecular weight is 165 g/mol. The molecular formula is C9H15N3. The Morgan fingerprint density at radius 2 is 2.25 bits per heavy atom. The van der Waals surface area contributed by atoms with Gasteiger partial charge in [0.25, 0.3) is 0 Å². The quantitative estimate of drug-likeness (QED) is 0.708. The molecule has 3 nitrogen and oxygen atoms in total. The molecule has 66 valence electrons. The maximum atomic E-state index is 4.10. The molecule has 3 heteroatoms. The Balaban J connectivity index is 2.73. The topological polar surface area (TPSA) is 40.7 Å². The van der Waals surface area contributed by atoms with Crippen LogP contribution >= 0.6 is 0 Å². The van der Waals surface area contributed by atoms with Crippen molar-refractivity contribution in [2.45, 2.75) is 13.8 Å². The Kier molecular flexibility index (Phi) is 3.05. The van der Waals surface area contributed by atoms with Gasteiger partial charge in [0.15, 0.2) is 0 Å². The molecule has 0 amide bonds. The lowest BCUT2D eigenvalue weighted by Crippen LogP contribution is -2.03. The fourth-order valence-corrected chi connectivity index (χ4v) is 1.10. The summed E-state index contributed by atoms with van der Waals surface area (Å²) in [6.45, 7) is 4.92. The van der Waals surface area contributed by atoms with Crippen molar-refractivity contribution in [3.05, 3.63) is 23.0 Å². The minimum absolute atomic E-state index is 0.893. The number of rotatable bonds is 3. The van der Waals surface area contributed by atoms with E-state index in [1.165, 1.54) is 5.56 Å². The lowest BCUT2D eigenvalue weighted by molar-refractivity contribution is 0.922. The largest absolute Gasteiger partial charge is 0.316 e. The molecule has 0 aliphatic heterocycles. The van der Waals surface area contributed by atoms with Gasteiger partial charge in [0.2, 0.25) is 0 Å². The summed E-state index contributed by atoms with van der Waals surface area (Å²) in [7, 11) is 1.93. The van der Waals surface area contributed by atoms with E-state index in [1.54, 1.807) is 0 Å². The third kappa shape index (κ3) is 1.95. The molecule has 2 N–H and O–H groups in total. The second-order valence-corrected chi connectivity index (χ2v) is 2.81. The van der Waals surface area contributed by atoms with Crippen LogP contribution in [0.25, 0.3) is 6.08 Å². The van der Waals surface area contributed by atoms with E-state index in [0.29, 0.717) is 0 Å². The second-order valence-electron chi connectivity index (χ2n) is 2.81. The van der Waals surface area contributed by atoms with E-state index < -0.39 is 0 Å². The lowest BCUT2D eigenvalue weighted by Gasteiger charge is -1.91. The molecule has 0 unspecified atom stereocenters. The van der Waals surface area contributed by atoms with Crippen molar-refractivity contribution >= 4 is 6.08 Å². The summed E-state index contributed by atoms with van der Waals surface area (Å²) in [6, 6.07) is 0. The summed E-state index contributed by atoms with van der Waals surface area (Å²) in [4.78, 5) is 0. The number of aromatic amines is 1. The minimum Gasteiger partial charge on any atom is -0.316 e.